The molecule has 2 unspecified atom stereocenters. The molecular formula is C15H15NO5. The molecule has 1 aliphatic carbocycles. The van der Waals surface area contributed by atoms with Crippen molar-refractivity contribution in [3.63, 3.8) is 0 Å². The van der Waals surface area contributed by atoms with E-state index in [-0.39, 0.29) is 12.2 Å². The van der Waals surface area contributed by atoms with E-state index in [1.54, 1.807) is 6.26 Å². The molecule has 4 rings (SSSR count). The fraction of sp³-hybridized carbons (Fsp3) is 0.400. The van der Waals surface area contributed by atoms with E-state index in [4.69, 9.17) is 18.9 Å². The highest BCUT2D eigenvalue weighted by Crippen LogP contribution is 2.31. The summed E-state index contributed by atoms with van der Waals surface area (Å²) in [7, 11) is 0. The molecule has 2 fully saturated rings. The summed E-state index contributed by atoms with van der Waals surface area (Å²) >= 11 is 0. The van der Waals surface area contributed by atoms with Crippen molar-refractivity contribution in [1.29, 1.82) is 0 Å². The van der Waals surface area contributed by atoms with Crippen molar-refractivity contribution >= 4 is 6.09 Å². The predicted molar refractivity (Wildman–Crippen MR) is 71.5 cm³/mol. The average Bonchev–Trinajstić information content (AvgIpc) is 3.31. The van der Waals surface area contributed by atoms with Gasteiger partial charge in [0.05, 0.1) is 13.2 Å². The second-order valence-corrected chi connectivity index (χ2v) is 5.24. The Labute approximate surface area is 121 Å². The average molecular weight is 289 g/mol. The van der Waals surface area contributed by atoms with Gasteiger partial charge < -0.3 is 18.9 Å². The first-order valence-electron chi connectivity index (χ1n) is 7.01. The minimum atomic E-state index is -0.427. The van der Waals surface area contributed by atoms with Gasteiger partial charge in [-0.15, -0.1) is 0 Å². The summed E-state index contributed by atoms with van der Waals surface area (Å²) in [6.45, 7) is 1.07. The Morgan fingerprint density at radius 2 is 2.14 bits per heavy atom. The van der Waals surface area contributed by atoms with Crippen LogP contribution >= 0.6 is 0 Å². The molecule has 6 heteroatoms. The highest BCUT2D eigenvalue weighted by Gasteiger charge is 2.45. The number of hydrogen-bond acceptors (Lipinski definition) is 5. The molecule has 0 bridgehead atoms. The molecule has 4 aliphatic rings. The van der Waals surface area contributed by atoms with Crippen LogP contribution in [-0.2, 0) is 18.9 Å². The Bertz CT molecular complexity index is 585. The van der Waals surface area contributed by atoms with Crippen LogP contribution in [0.15, 0.2) is 48.0 Å². The van der Waals surface area contributed by atoms with Crippen molar-refractivity contribution in [2.75, 3.05) is 13.2 Å². The smallest absolute Gasteiger partial charge is 0.417 e. The SMILES string of the molecule is O=C1OC(C2CO2)CN1C1=COC=C(C2=CC=CCC2)O1. The standard InChI is InChI=1S/C15H15NO5/c17-15-16(6-11(21-15)13-8-19-13)14-9-18-7-12(20-14)10-4-2-1-3-5-10/h1-2,4,7,9,11,13H,3,5-6,8H2. The maximum Gasteiger partial charge on any atom is 0.417 e. The number of amides is 1. The van der Waals surface area contributed by atoms with E-state index in [2.05, 4.69) is 6.08 Å². The summed E-state index contributed by atoms with van der Waals surface area (Å²) in [5.41, 5.74) is 1.05. The number of rotatable bonds is 3. The van der Waals surface area contributed by atoms with Gasteiger partial charge in [-0.3, -0.25) is 0 Å². The molecule has 0 aromatic rings. The zero-order valence-electron chi connectivity index (χ0n) is 11.4. The van der Waals surface area contributed by atoms with E-state index < -0.39 is 6.09 Å². The largest absolute Gasteiger partial charge is 0.463 e. The molecule has 0 aromatic heterocycles. The number of hydrogen-bond donors (Lipinski definition) is 0. The number of cyclic esters (lactones) is 1. The normalized spacial score (nSPS) is 30.8. The van der Waals surface area contributed by atoms with Crippen LogP contribution in [-0.4, -0.2) is 36.4 Å². The third-order valence-corrected chi connectivity index (χ3v) is 3.76. The van der Waals surface area contributed by atoms with Crippen LogP contribution in [0.5, 0.6) is 0 Å². The second-order valence-electron chi connectivity index (χ2n) is 5.24. The minimum Gasteiger partial charge on any atom is -0.463 e. The summed E-state index contributed by atoms with van der Waals surface area (Å²) in [4.78, 5) is 13.4. The van der Waals surface area contributed by atoms with Crippen LogP contribution in [0.1, 0.15) is 12.8 Å². The van der Waals surface area contributed by atoms with Crippen LogP contribution in [0.2, 0.25) is 0 Å². The first-order chi connectivity index (χ1) is 10.3. The molecule has 110 valence electrons. The molecule has 0 aromatic carbocycles. The van der Waals surface area contributed by atoms with E-state index in [9.17, 15) is 4.79 Å². The van der Waals surface area contributed by atoms with Crippen molar-refractivity contribution in [3.05, 3.63) is 48.0 Å². The first kappa shape index (κ1) is 12.5. The van der Waals surface area contributed by atoms with Crippen LogP contribution in [0.4, 0.5) is 4.79 Å². The molecule has 0 saturated carbocycles. The molecule has 0 N–H and O–H groups in total. The van der Waals surface area contributed by atoms with Crippen molar-refractivity contribution < 1.29 is 23.7 Å². The van der Waals surface area contributed by atoms with Gasteiger partial charge in [0.1, 0.15) is 12.4 Å². The van der Waals surface area contributed by atoms with E-state index in [0.717, 1.165) is 18.4 Å². The highest BCUT2D eigenvalue weighted by atomic mass is 16.6. The minimum absolute atomic E-state index is 0.0188. The van der Waals surface area contributed by atoms with E-state index in [0.29, 0.717) is 24.8 Å². The predicted octanol–water partition coefficient (Wildman–Crippen LogP) is 2.17. The van der Waals surface area contributed by atoms with Gasteiger partial charge in [0, 0.05) is 0 Å². The van der Waals surface area contributed by atoms with Crippen molar-refractivity contribution in [2.45, 2.75) is 25.0 Å². The molecule has 3 heterocycles. The summed E-state index contributed by atoms with van der Waals surface area (Å²) in [5, 5.41) is 0. The first-order valence-corrected chi connectivity index (χ1v) is 7.01. The van der Waals surface area contributed by atoms with E-state index in [1.807, 2.05) is 12.2 Å². The monoisotopic (exact) mass is 289 g/mol. The van der Waals surface area contributed by atoms with Crippen molar-refractivity contribution in [3.8, 4) is 0 Å². The van der Waals surface area contributed by atoms with Crippen molar-refractivity contribution in [2.24, 2.45) is 0 Å². The molecule has 3 aliphatic heterocycles. The van der Waals surface area contributed by atoms with Gasteiger partial charge in [-0.25, -0.2) is 9.69 Å². The molecular weight excluding hydrogens is 274 g/mol. The number of ether oxygens (including phenoxy) is 4. The molecule has 2 saturated heterocycles. The molecule has 0 spiro atoms. The molecule has 6 nitrogen and oxygen atoms in total. The summed E-state index contributed by atoms with van der Waals surface area (Å²) in [6.07, 6.45) is 10.3. The van der Waals surface area contributed by atoms with Gasteiger partial charge >= 0.3 is 6.09 Å². The van der Waals surface area contributed by atoms with Gasteiger partial charge in [0.15, 0.2) is 18.1 Å². The van der Waals surface area contributed by atoms with Crippen LogP contribution in [0.25, 0.3) is 0 Å². The third-order valence-electron chi connectivity index (χ3n) is 3.76. The second kappa shape index (κ2) is 4.96. The molecule has 21 heavy (non-hydrogen) atoms. The summed E-state index contributed by atoms with van der Waals surface area (Å²) < 4.78 is 21.6. The summed E-state index contributed by atoms with van der Waals surface area (Å²) in [6, 6.07) is 0. The Balaban J connectivity index is 1.46. The maximum absolute atomic E-state index is 11.9. The molecule has 1 amide bonds. The number of allylic oxidation sites excluding steroid dienone is 4. The lowest BCUT2D eigenvalue weighted by atomic mass is 10.0. The number of epoxide rings is 1. The highest BCUT2D eigenvalue weighted by molar-refractivity contribution is 5.72. The number of nitrogens with zero attached hydrogens (tertiary/aromatic N) is 1. The third kappa shape index (κ3) is 2.42. The molecule has 0 radical (unpaired) electrons. The van der Waals surface area contributed by atoms with Crippen LogP contribution in [0.3, 0.4) is 0 Å². The lowest BCUT2D eigenvalue weighted by Crippen LogP contribution is -2.28. The number of carbonyl (C=O) groups excluding carboxylic acids is 1. The Hall–Kier alpha value is -2.21. The van der Waals surface area contributed by atoms with Gasteiger partial charge in [0.25, 0.3) is 0 Å². The van der Waals surface area contributed by atoms with Gasteiger partial charge in [-0.05, 0) is 18.4 Å². The van der Waals surface area contributed by atoms with Gasteiger partial charge in [-0.2, -0.15) is 0 Å². The lowest BCUT2D eigenvalue weighted by molar-refractivity contribution is 0.111. The lowest BCUT2D eigenvalue weighted by Gasteiger charge is -2.23. The van der Waals surface area contributed by atoms with Crippen molar-refractivity contribution in [1.82, 2.24) is 4.90 Å². The maximum atomic E-state index is 11.9. The Kier molecular flexibility index (Phi) is 2.96. The summed E-state index contributed by atoms with van der Waals surface area (Å²) in [5.74, 6) is 0.992. The van der Waals surface area contributed by atoms with E-state index in [1.165, 1.54) is 11.2 Å². The van der Waals surface area contributed by atoms with Crippen LogP contribution in [0, 0.1) is 0 Å². The zero-order valence-corrected chi connectivity index (χ0v) is 11.4. The fourth-order valence-corrected chi connectivity index (χ4v) is 2.51. The van der Waals surface area contributed by atoms with E-state index >= 15 is 0 Å². The Morgan fingerprint density at radius 1 is 1.24 bits per heavy atom. The topological polar surface area (TPSA) is 60.5 Å². The fourth-order valence-electron chi connectivity index (χ4n) is 2.51. The zero-order chi connectivity index (χ0) is 14.2. The quantitative estimate of drug-likeness (QED) is 0.745. The Morgan fingerprint density at radius 3 is 2.90 bits per heavy atom. The molecule has 2 atom stereocenters. The number of carbonyl (C=O) groups is 1. The van der Waals surface area contributed by atoms with Crippen LogP contribution < -0.4 is 0 Å². The van der Waals surface area contributed by atoms with Gasteiger partial charge in [0.2, 0.25) is 5.88 Å². The van der Waals surface area contributed by atoms with Gasteiger partial charge in [-0.1, -0.05) is 18.2 Å².